The molecule has 5 nitrogen and oxygen atoms in total. The number of carbonyl (C=O) groups excluding carboxylic acids is 1. The predicted octanol–water partition coefficient (Wildman–Crippen LogP) is 0.271. The van der Waals surface area contributed by atoms with Crippen molar-refractivity contribution in [3.8, 4) is 0 Å². The fourth-order valence-corrected chi connectivity index (χ4v) is 1.62. The number of carbonyl (C=O) groups is 1. The standard InChI is InChI=1S/C9H12N2O3/c12-7-2-1-4-11(6-7)9(13)8-3-5-14-10-8/h3,5,7,12H,1-2,4,6H2/t7-/m0/s1. The predicted molar refractivity (Wildman–Crippen MR) is 47.6 cm³/mol. The van der Waals surface area contributed by atoms with Gasteiger partial charge in [0.05, 0.1) is 6.10 Å². The number of piperidine rings is 1. The number of amides is 1. The molecule has 14 heavy (non-hydrogen) atoms. The van der Waals surface area contributed by atoms with Crippen molar-refractivity contribution in [3.05, 3.63) is 18.0 Å². The van der Waals surface area contributed by atoms with Gasteiger partial charge in [-0.25, -0.2) is 0 Å². The lowest BCUT2D eigenvalue weighted by Crippen LogP contribution is -2.42. The first-order valence-corrected chi connectivity index (χ1v) is 4.65. The highest BCUT2D eigenvalue weighted by Gasteiger charge is 2.24. The van der Waals surface area contributed by atoms with E-state index in [-0.39, 0.29) is 5.91 Å². The van der Waals surface area contributed by atoms with E-state index in [4.69, 9.17) is 0 Å². The summed E-state index contributed by atoms with van der Waals surface area (Å²) in [4.78, 5) is 13.3. The van der Waals surface area contributed by atoms with E-state index >= 15 is 0 Å². The number of hydrogen-bond acceptors (Lipinski definition) is 4. The molecular weight excluding hydrogens is 184 g/mol. The molecule has 2 heterocycles. The Morgan fingerprint density at radius 1 is 1.71 bits per heavy atom. The van der Waals surface area contributed by atoms with Gasteiger partial charge in [0.15, 0.2) is 5.69 Å². The topological polar surface area (TPSA) is 66.6 Å². The minimum absolute atomic E-state index is 0.169. The molecule has 1 aromatic rings. The van der Waals surface area contributed by atoms with E-state index in [2.05, 4.69) is 9.68 Å². The number of aliphatic hydroxyl groups excluding tert-OH is 1. The minimum atomic E-state index is -0.403. The van der Waals surface area contributed by atoms with Crippen molar-refractivity contribution < 1.29 is 14.4 Å². The lowest BCUT2D eigenvalue weighted by Gasteiger charge is -2.29. The van der Waals surface area contributed by atoms with Crippen LogP contribution in [0, 0.1) is 0 Å². The average molecular weight is 196 g/mol. The van der Waals surface area contributed by atoms with Gasteiger partial charge >= 0.3 is 0 Å². The molecule has 1 atom stereocenters. The summed E-state index contributed by atoms with van der Waals surface area (Å²) in [5.41, 5.74) is 0.305. The molecule has 1 N–H and O–H groups in total. The number of aliphatic hydroxyl groups is 1. The number of rotatable bonds is 1. The lowest BCUT2D eigenvalue weighted by atomic mass is 10.1. The van der Waals surface area contributed by atoms with Crippen LogP contribution in [0.1, 0.15) is 23.3 Å². The van der Waals surface area contributed by atoms with E-state index in [1.54, 1.807) is 4.90 Å². The van der Waals surface area contributed by atoms with Gasteiger partial charge in [0.25, 0.3) is 5.91 Å². The lowest BCUT2D eigenvalue weighted by molar-refractivity contribution is 0.0465. The molecule has 1 aromatic heterocycles. The summed E-state index contributed by atoms with van der Waals surface area (Å²) in [7, 11) is 0. The van der Waals surface area contributed by atoms with Gasteiger partial charge in [-0.1, -0.05) is 5.16 Å². The Morgan fingerprint density at radius 3 is 3.21 bits per heavy atom. The number of likely N-dealkylation sites (tertiary alicyclic amines) is 1. The summed E-state index contributed by atoms with van der Waals surface area (Å²) in [5.74, 6) is -0.169. The van der Waals surface area contributed by atoms with Gasteiger partial charge in [0.1, 0.15) is 6.26 Å². The Kier molecular flexibility index (Phi) is 2.49. The second-order valence-corrected chi connectivity index (χ2v) is 3.43. The van der Waals surface area contributed by atoms with E-state index < -0.39 is 6.10 Å². The first-order valence-electron chi connectivity index (χ1n) is 4.65. The molecule has 1 fully saturated rings. The second-order valence-electron chi connectivity index (χ2n) is 3.43. The SMILES string of the molecule is O=C(c1ccon1)N1CCC[C@H](O)C1. The molecule has 1 saturated heterocycles. The molecule has 1 aliphatic heterocycles. The smallest absolute Gasteiger partial charge is 0.276 e. The molecule has 0 spiro atoms. The molecule has 5 heteroatoms. The maximum Gasteiger partial charge on any atom is 0.276 e. The highest BCUT2D eigenvalue weighted by Crippen LogP contribution is 2.12. The number of hydrogen-bond donors (Lipinski definition) is 1. The second kappa shape index (κ2) is 3.79. The maximum atomic E-state index is 11.7. The summed E-state index contributed by atoms with van der Waals surface area (Å²) in [5, 5.41) is 13.0. The Hall–Kier alpha value is -1.36. The number of aromatic nitrogens is 1. The zero-order valence-corrected chi connectivity index (χ0v) is 7.72. The summed E-state index contributed by atoms with van der Waals surface area (Å²) in [6.07, 6.45) is 2.57. The van der Waals surface area contributed by atoms with Gasteiger partial charge in [0, 0.05) is 19.2 Å². The van der Waals surface area contributed by atoms with Gasteiger partial charge in [-0.05, 0) is 12.8 Å². The number of β-amino-alcohol motifs (C(OH)–C–C–N with tert-alkyl or cyclic N) is 1. The van der Waals surface area contributed by atoms with Gasteiger partial charge in [-0.3, -0.25) is 4.79 Å². The van der Waals surface area contributed by atoms with Crippen LogP contribution >= 0.6 is 0 Å². The summed E-state index contributed by atoms with van der Waals surface area (Å²) >= 11 is 0. The van der Waals surface area contributed by atoms with Crippen LogP contribution in [0.3, 0.4) is 0 Å². The van der Waals surface area contributed by atoms with Crippen molar-refractivity contribution in [2.75, 3.05) is 13.1 Å². The average Bonchev–Trinajstić information content (AvgIpc) is 2.69. The molecule has 0 aromatic carbocycles. The minimum Gasteiger partial charge on any atom is -0.391 e. The summed E-state index contributed by atoms with van der Waals surface area (Å²) < 4.78 is 4.59. The Morgan fingerprint density at radius 2 is 2.57 bits per heavy atom. The van der Waals surface area contributed by atoms with E-state index in [1.807, 2.05) is 0 Å². The third-order valence-electron chi connectivity index (χ3n) is 2.34. The van der Waals surface area contributed by atoms with Crippen molar-refractivity contribution in [1.29, 1.82) is 0 Å². The molecule has 0 radical (unpaired) electrons. The van der Waals surface area contributed by atoms with Crippen LogP contribution in [0.25, 0.3) is 0 Å². The molecule has 1 amide bonds. The van der Waals surface area contributed by atoms with Crippen LogP contribution in [-0.4, -0.2) is 40.3 Å². The van der Waals surface area contributed by atoms with Crippen LogP contribution in [0.2, 0.25) is 0 Å². The van der Waals surface area contributed by atoms with Crippen LogP contribution in [0.4, 0.5) is 0 Å². The van der Waals surface area contributed by atoms with E-state index in [0.29, 0.717) is 18.8 Å². The molecule has 0 bridgehead atoms. The third kappa shape index (κ3) is 1.77. The molecule has 0 saturated carbocycles. The zero-order chi connectivity index (χ0) is 9.97. The van der Waals surface area contributed by atoms with E-state index in [9.17, 15) is 9.90 Å². The fraction of sp³-hybridized carbons (Fsp3) is 0.556. The fourth-order valence-electron chi connectivity index (χ4n) is 1.62. The van der Waals surface area contributed by atoms with Crippen LogP contribution in [0.5, 0.6) is 0 Å². The van der Waals surface area contributed by atoms with Gasteiger partial charge in [-0.15, -0.1) is 0 Å². The Bertz CT molecular complexity index is 310. The normalized spacial score (nSPS) is 22.4. The number of nitrogens with zero attached hydrogens (tertiary/aromatic N) is 2. The monoisotopic (exact) mass is 196 g/mol. The van der Waals surface area contributed by atoms with Crippen molar-refractivity contribution in [1.82, 2.24) is 10.1 Å². The summed E-state index contributed by atoms with van der Waals surface area (Å²) in [6.45, 7) is 1.08. The van der Waals surface area contributed by atoms with Crippen molar-refractivity contribution in [3.63, 3.8) is 0 Å². The first kappa shape index (κ1) is 9.21. The molecule has 0 aliphatic carbocycles. The van der Waals surface area contributed by atoms with Crippen molar-refractivity contribution in [2.45, 2.75) is 18.9 Å². The van der Waals surface area contributed by atoms with Crippen LogP contribution < -0.4 is 0 Å². The molecule has 76 valence electrons. The molecular formula is C9H12N2O3. The van der Waals surface area contributed by atoms with Crippen molar-refractivity contribution >= 4 is 5.91 Å². The van der Waals surface area contributed by atoms with Gasteiger partial charge in [0.2, 0.25) is 0 Å². The van der Waals surface area contributed by atoms with E-state index in [0.717, 1.165) is 12.8 Å². The van der Waals surface area contributed by atoms with Crippen LogP contribution in [-0.2, 0) is 0 Å². The largest absolute Gasteiger partial charge is 0.391 e. The molecule has 0 unspecified atom stereocenters. The zero-order valence-electron chi connectivity index (χ0n) is 7.72. The highest BCUT2D eigenvalue weighted by molar-refractivity contribution is 5.92. The maximum absolute atomic E-state index is 11.7. The van der Waals surface area contributed by atoms with E-state index in [1.165, 1.54) is 12.3 Å². The summed E-state index contributed by atoms with van der Waals surface area (Å²) in [6, 6.07) is 1.53. The highest BCUT2D eigenvalue weighted by atomic mass is 16.5. The molecule has 1 aliphatic rings. The van der Waals surface area contributed by atoms with Gasteiger partial charge in [-0.2, -0.15) is 0 Å². The van der Waals surface area contributed by atoms with Gasteiger partial charge < -0.3 is 14.5 Å². The third-order valence-corrected chi connectivity index (χ3v) is 2.34. The quantitative estimate of drug-likeness (QED) is 0.700. The molecule has 2 rings (SSSR count). The van der Waals surface area contributed by atoms with Crippen LogP contribution in [0.15, 0.2) is 16.9 Å². The first-order chi connectivity index (χ1) is 6.77. The van der Waals surface area contributed by atoms with Crippen molar-refractivity contribution in [2.24, 2.45) is 0 Å². The Labute approximate surface area is 81.3 Å². The Balaban J connectivity index is 2.04.